The maximum atomic E-state index is 12.0. The minimum absolute atomic E-state index is 0.129. The van der Waals surface area contributed by atoms with E-state index >= 15 is 0 Å². The van der Waals surface area contributed by atoms with E-state index in [1.807, 2.05) is 38.1 Å². The molecule has 0 aliphatic rings. The van der Waals surface area contributed by atoms with Crippen molar-refractivity contribution >= 4 is 23.2 Å². The van der Waals surface area contributed by atoms with Gasteiger partial charge >= 0.3 is 0 Å². The summed E-state index contributed by atoms with van der Waals surface area (Å²) in [7, 11) is 1.58. The largest absolute Gasteiger partial charge is 0.376 e. The highest BCUT2D eigenvalue weighted by Crippen LogP contribution is 2.16. The number of carbonyl (C=O) groups is 2. The van der Waals surface area contributed by atoms with Gasteiger partial charge in [-0.05, 0) is 43.7 Å². The number of nitrogens with one attached hydrogen (secondary N) is 3. The molecule has 2 amide bonds. The Hall–Kier alpha value is -2.82. The minimum Gasteiger partial charge on any atom is -0.376 e. The molecular weight excluding hydrogens is 290 g/mol. The molecule has 0 atom stereocenters. The van der Waals surface area contributed by atoms with E-state index in [1.165, 1.54) is 0 Å². The molecule has 2 aromatic carbocycles. The fourth-order valence-corrected chi connectivity index (χ4v) is 2.25. The summed E-state index contributed by atoms with van der Waals surface area (Å²) in [5.74, 6) is -0.296. The average molecular weight is 311 g/mol. The van der Waals surface area contributed by atoms with Crippen LogP contribution in [-0.2, 0) is 4.79 Å². The molecule has 2 rings (SSSR count). The first-order chi connectivity index (χ1) is 11.0. The summed E-state index contributed by atoms with van der Waals surface area (Å²) >= 11 is 0. The van der Waals surface area contributed by atoms with Gasteiger partial charge in [-0.1, -0.05) is 23.8 Å². The second-order valence-corrected chi connectivity index (χ2v) is 5.38. The lowest BCUT2D eigenvalue weighted by molar-refractivity contribution is -0.114. The van der Waals surface area contributed by atoms with Gasteiger partial charge in [-0.3, -0.25) is 9.59 Å². The fourth-order valence-electron chi connectivity index (χ4n) is 2.25. The standard InChI is InChI=1S/C18H21N3O2/c1-12-7-8-16(13(2)9-12)21-17(22)11-20-15-6-4-5-14(10-15)18(23)19-3/h4-10,20H,11H2,1-3H3,(H,19,23)(H,21,22). The fraction of sp³-hybridized carbons (Fsp3) is 0.222. The number of hydrogen-bond acceptors (Lipinski definition) is 3. The summed E-state index contributed by atoms with van der Waals surface area (Å²) in [6.45, 7) is 4.10. The van der Waals surface area contributed by atoms with Gasteiger partial charge in [-0.15, -0.1) is 0 Å². The van der Waals surface area contributed by atoms with Crippen molar-refractivity contribution in [2.45, 2.75) is 13.8 Å². The molecule has 5 heteroatoms. The summed E-state index contributed by atoms with van der Waals surface area (Å²) in [4.78, 5) is 23.6. The second-order valence-electron chi connectivity index (χ2n) is 5.38. The molecule has 120 valence electrons. The maximum absolute atomic E-state index is 12.0. The Balaban J connectivity index is 1.95. The first kappa shape index (κ1) is 16.5. The summed E-state index contributed by atoms with van der Waals surface area (Å²) < 4.78 is 0. The van der Waals surface area contributed by atoms with Crippen molar-refractivity contribution in [1.82, 2.24) is 5.32 Å². The normalized spacial score (nSPS) is 10.0. The van der Waals surface area contributed by atoms with Crippen LogP contribution in [0.25, 0.3) is 0 Å². The number of rotatable bonds is 5. The molecule has 0 fully saturated rings. The highest BCUT2D eigenvalue weighted by atomic mass is 16.2. The summed E-state index contributed by atoms with van der Waals surface area (Å²) in [6, 6.07) is 12.9. The third-order valence-electron chi connectivity index (χ3n) is 3.46. The van der Waals surface area contributed by atoms with Crippen LogP contribution in [-0.4, -0.2) is 25.4 Å². The maximum Gasteiger partial charge on any atom is 0.251 e. The monoisotopic (exact) mass is 311 g/mol. The van der Waals surface area contributed by atoms with E-state index in [9.17, 15) is 9.59 Å². The topological polar surface area (TPSA) is 70.2 Å². The van der Waals surface area contributed by atoms with Gasteiger partial charge in [-0.2, -0.15) is 0 Å². The molecule has 23 heavy (non-hydrogen) atoms. The zero-order chi connectivity index (χ0) is 16.8. The van der Waals surface area contributed by atoms with Crippen molar-refractivity contribution in [1.29, 1.82) is 0 Å². The molecule has 0 radical (unpaired) electrons. The number of aryl methyl sites for hydroxylation is 2. The average Bonchev–Trinajstić information content (AvgIpc) is 2.55. The number of anilines is 2. The molecule has 0 aromatic heterocycles. The van der Waals surface area contributed by atoms with Crippen LogP contribution < -0.4 is 16.0 Å². The van der Waals surface area contributed by atoms with Crippen LogP contribution in [0.15, 0.2) is 42.5 Å². The highest BCUT2D eigenvalue weighted by Gasteiger charge is 2.07. The smallest absolute Gasteiger partial charge is 0.251 e. The zero-order valence-corrected chi connectivity index (χ0v) is 13.6. The lowest BCUT2D eigenvalue weighted by atomic mass is 10.1. The molecule has 2 aromatic rings. The van der Waals surface area contributed by atoms with Gasteiger partial charge in [0.1, 0.15) is 0 Å². The van der Waals surface area contributed by atoms with Gasteiger partial charge in [0.05, 0.1) is 6.54 Å². The van der Waals surface area contributed by atoms with Gasteiger partial charge < -0.3 is 16.0 Å². The zero-order valence-electron chi connectivity index (χ0n) is 13.6. The van der Waals surface area contributed by atoms with Crippen LogP contribution in [0.2, 0.25) is 0 Å². The highest BCUT2D eigenvalue weighted by molar-refractivity contribution is 5.96. The van der Waals surface area contributed by atoms with E-state index in [4.69, 9.17) is 0 Å². The molecule has 0 spiro atoms. The molecule has 0 heterocycles. The first-order valence-electron chi connectivity index (χ1n) is 7.42. The Kier molecular flexibility index (Phi) is 5.36. The van der Waals surface area contributed by atoms with Crippen LogP contribution in [0.1, 0.15) is 21.5 Å². The van der Waals surface area contributed by atoms with Crippen LogP contribution in [0, 0.1) is 13.8 Å². The van der Waals surface area contributed by atoms with Crippen LogP contribution in [0.5, 0.6) is 0 Å². The van der Waals surface area contributed by atoms with E-state index in [0.717, 1.165) is 22.5 Å². The Labute approximate surface area is 136 Å². The first-order valence-corrected chi connectivity index (χ1v) is 7.42. The minimum atomic E-state index is -0.159. The Morgan fingerprint density at radius 1 is 1.04 bits per heavy atom. The number of carbonyl (C=O) groups excluding carboxylic acids is 2. The Morgan fingerprint density at radius 2 is 1.83 bits per heavy atom. The SMILES string of the molecule is CNC(=O)c1cccc(NCC(=O)Nc2ccc(C)cc2C)c1. The predicted molar refractivity (Wildman–Crippen MR) is 92.9 cm³/mol. The van der Waals surface area contributed by atoms with Crippen molar-refractivity contribution in [3.05, 3.63) is 59.2 Å². The molecule has 0 saturated heterocycles. The van der Waals surface area contributed by atoms with Gasteiger partial charge in [0.15, 0.2) is 0 Å². The molecule has 0 saturated carbocycles. The molecule has 0 bridgehead atoms. The van der Waals surface area contributed by atoms with Crippen molar-refractivity contribution in [2.75, 3.05) is 24.2 Å². The number of benzene rings is 2. The Bertz CT molecular complexity index is 726. The van der Waals surface area contributed by atoms with E-state index in [1.54, 1.807) is 25.2 Å². The number of hydrogen-bond donors (Lipinski definition) is 3. The van der Waals surface area contributed by atoms with Crippen molar-refractivity contribution in [2.24, 2.45) is 0 Å². The van der Waals surface area contributed by atoms with Crippen LogP contribution >= 0.6 is 0 Å². The van der Waals surface area contributed by atoms with E-state index in [-0.39, 0.29) is 18.4 Å². The summed E-state index contributed by atoms with van der Waals surface area (Å²) in [5, 5.41) is 8.47. The van der Waals surface area contributed by atoms with E-state index < -0.39 is 0 Å². The van der Waals surface area contributed by atoms with Gasteiger partial charge in [0, 0.05) is 24.0 Å². The second kappa shape index (κ2) is 7.45. The number of amides is 2. The van der Waals surface area contributed by atoms with Crippen molar-refractivity contribution in [3.8, 4) is 0 Å². The molecular formula is C18H21N3O2. The van der Waals surface area contributed by atoms with Crippen molar-refractivity contribution in [3.63, 3.8) is 0 Å². The van der Waals surface area contributed by atoms with Crippen LogP contribution in [0.4, 0.5) is 11.4 Å². The van der Waals surface area contributed by atoms with E-state index in [2.05, 4.69) is 16.0 Å². The summed E-state index contributed by atoms with van der Waals surface area (Å²) in [5.41, 5.74) is 4.26. The third-order valence-corrected chi connectivity index (χ3v) is 3.46. The predicted octanol–water partition coefficient (Wildman–Crippen LogP) is 2.71. The van der Waals surface area contributed by atoms with Crippen molar-refractivity contribution < 1.29 is 9.59 Å². The lowest BCUT2D eigenvalue weighted by Gasteiger charge is -2.11. The van der Waals surface area contributed by atoms with Gasteiger partial charge in [-0.25, -0.2) is 0 Å². The van der Waals surface area contributed by atoms with Gasteiger partial charge in [0.25, 0.3) is 5.91 Å². The lowest BCUT2D eigenvalue weighted by Crippen LogP contribution is -2.22. The molecule has 0 unspecified atom stereocenters. The third kappa shape index (κ3) is 4.57. The van der Waals surface area contributed by atoms with Gasteiger partial charge in [0.2, 0.25) is 5.91 Å². The summed E-state index contributed by atoms with van der Waals surface area (Å²) in [6.07, 6.45) is 0. The molecule has 3 N–H and O–H groups in total. The Morgan fingerprint density at radius 3 is 2.52 bits per heavy atom. The molecule has 0 aliphatic carbocycles. The quantitative estimate of drug-likeness (QED) is 0.795. The molecule has 5 nitrogen and oxygen atoms in total. The van der Waals surface area contributed by atoms with E-state index in [0.29, 0.717) is 5.56 Å². The molecule has 0 aliphatic heterocycles. The van der Waals surface area contributed by atoms with Crippen LogP contribution in [0.3, 0.4) is 0 Å².